The lowest BCUT2D eigenvalue weighted by molar-refractivity contribution is -0.129. The molecule has 23 heavy (non-hydrogen) atoms. The number of nitrogens with one attached hydrogen (secondary N) is 1. The highest BCUT2D eigenvalue weighted by Gasteiger charge is 2.13. The third-order valence-corrected chi connectivity index (χ3v) is 3.58. The van der Waals surface area contributed by atoms with E-state index in [2.05, 4.69) is 15.5 Å². The van der Waals surface area contributed by atoms with Gasteiger partial charge in [0.1, 0.15) is 0 Å². The van der Waals surface area contributed by atoms with Crippen LogP contribution in [0.1, 0.15) is 11.1 Å². The SMILES string of the molecule is Cc1ccc(/C(=N/Nc2nc3ccccc3n2C)C(=O)O)cc1. The van der Waals surface area contributed by atoms with Gasteiger partial charge in [0.05, 0.1) is 11.0 Å². The predicted molar refractivity (Wildman–Crippen MR) is 89.7 cm³/mol. The maximum atomic E-state index is 11.5. The van der Waals surface area contributed by atoms with E-state index in [4.69, 9.17) is 0 Å². The van der Waals surface area contributed by atoms with Crippen LogP contribution in [0.3, 0.4) is 0 Å². The lowest BCUT2D eigenvalue weighted by atomic mass is 10.1. The molecular weight excluding hydrogens is 292 g/mol. The number of para-hydroxylation sites is 2. The predicted octanol–water partition coefficient (Wildman–Crippen LogP) is 2.78. The van der Waals surface area contributed by atoms with Crippen molar-refractivity contribution < 1.29 is 9.90 Å². The fraction of sp³-hybridized carbons (Fsp3) is 0.118. The number of anilines is 1. The minimum absolute atomic E-state index is 0.0583. The highest BCUT2D eigenvalue weighted by molar-refractivity contribution is 6.42. The number of aromatic nitrogens is 2. The van der Waals surface area contributed by atoms with Crippen LogP contribution in [0.2, 0.25) is 0 Å². The zero-order chi connectivity index (χ0) is 16.4. The van der Waals surface area contributed by atoms with Gasteiger partial charge in [0, 0.05) is 12.6 Å². The fourth-order valence-electron chi connectivity index (χ4n) is 2.30. The number of aliphatic carboxylic acids is 1. The number of fused-ring (bicyclic) bond motifs is 1. The topological polar surface area (TPSA) is 79.5 Å². The first-order valence-electron chi connectivity index (χ1n) is 7.12. The Morgan fingerprint density at radius 2 is 1.87 bits per heavy atom. The van der Waals surface area contributed by atoms with Crippen molar-refractivity contribution in [2.24, 2.45) is 12.1 Å². The Hall–Kier alpha value is -3.15. The highest BCUT2D eigenvalue weighted by Crippen LogP contribution is 2.17. The van der Waals surface area contributed by atoms with Gasteiger partial charge < -0.3 is 9.67 Å². The molecule has 0 radical (unpaired) electrons. The van der Waals surface area contributed by atoms with Crippen molar-refractivity contribution >= 4 is 28.7 Å². The van der Waals surface area contributed by atoms with Crippen molar-refractivity contribution in [2.75, 3.05) is 5.43 Å². The smallest absolute Gasteiger partial charge is 0.356 e. The van der Waals surface area contributed by atoms with Crippen molar-refractivity contribution in [2.45, 2.75) is 6.92 Å². The average Bonchev–Trinajstić information content (AvgIpc) is 2.86. The molecule has 6 nitrogen and oxygen atoms in total. The van der Waals surface area contributed by atoms with Crippen molar-refractivity contribution in [3.8, 4) is 0 Å². The third-order valence-electron chi connectivity index (χ3n) is 3.58. The Morgan fingerprint density at radius 3 is 2.52 bits per heavy atom. The van der Waals surface area contributed by atoms with Crippen LogP contribution < -0.4 is 5.43 Å². The van der Waals surface area contributed by atoms with Crippen LogP contribution in [0.5, 0.6) is 0 Å². The summed E-state index contributed by atoms with van der Waals surface area (Å²) in [5.41, 5.74) is 6.05. The van der Waals surface area contributed by atoms with E-state index in [1.165, 1.54) is 0 Å². The second kappa shape index (κ2) is 5.92. The molecule has 0 saturated carbocycles. The van der Waals surface area contributed by atoms with E-state index < -0.39 is 5.97 Å². The molecule has 0 aliphatic heterocycles. The first kappa shape index (κ1) is 14.8. The molecule has 0 amide bonds. The molecule has 1 heterocycles. The van der Waals surface area contributed by atoms with E-state index in [-0.39, 0.29) is 5.71 Å². The first-order chi connectivity index (χ1) is 11.1. The molecule has 2 N–H and O–H groups in total. The lowest BCUT2D eigenvalue weighted by Crippen LogP contribution is -2.17. The third kappa shape index (κ3) is 2.91. The van der Waals surface area contributed by atoms with Gasteiger partial charge in [0.15, 0.2) is 5.71 Å². The van der Waals surface area contributed by atoms with Crippen LogP contribution in [-0.2, 0) is 11.8 Å². The molecule has 2 aromatic carbocycles. The molecule has 0 bridgehead atoms. The van der Waals surface area contributed by atoms with Crippen LogP contribution in [0.15, 0.2) is 53.6 Å². The van der Waals surface area contributed by atoms with Crippen molar-refractivity contribution in [1.29, 1.82) is 0 Å². The van der Waals surface area contributed by atoms with Crippen LogP contribution in [0.4, 0.5) is 5.95 Å². The number of carboxylic acids is 1. The molecule has 0 spiro atoms. The lowest BCUT2D eigenvalue weighted by Gasteiger charge is -2.05. The molecule has 0 aliphatic carbocycles. The highest BCUT2D eigenvalue weighted by atomic mass is 16.4. The van der Waals surface area contributed by atoms with Crippen molar-refractivity contribution in [3.05, 3.63) is 59.7 Å². The summed E-state index contributed by atoms with van der Waals surface area (Å²) in [5.74, 6) is -0.614. The number of aryl methyl sites for hydroxylation is 2. The van der Waals surface area contributed by atoms with E-state index in [1.54, 1.807) is 12.1 Å². The largest absolute Gasteiger partial charge is 0.476 e. The molecule has 1 aromatic heterocycles. The summed E-state index contributed by atoms with van der Waals surface area (Å²) in [6, 6.07) is 14.8. The number of carboxylic acid groups (broad SMARTS) is 1. The zero-order valence-electron chi connectivity index (χ0n) is 12.8. The first-order valence-corrected chi connectivity index (χ1v) is 7.12. The van der Waals surface area contributed by atoms with Gasteiger partial charge in [-0.25, -0.2) is 15.2 Å². The summed E-state index contributed by atoms with van der Waals surface area (Å²) in [6.45, 7) is 1.94. The number of hydrazone groups is 1. The van der Waals surface area contributed by atoms with Crippen LogP contribution in [0, 0.1) is 6.92 Å². The summed E-state index contributed by atoms with van der Waals surface area (Å²) >= 11 is 0. The number of carbonyl (C=O) groups is 1. The molecule has 0 atom stereocenters. The van der Waals surface area contributed by atoms with Gasteiger partial charge in [-0.3, -0.25) is 0 Å². The van der Waals surface area contributed by atoms with Gasteiger partial charge in [-0.2, -0.15) is 5.10 Å². The Morgan fingerprint density at radius 1 is 1.17 bits per heavy atom. The van der Waals surface area contributed by atoms with E-state index >= 15 is 0 Å². The second-order valence-electron chi connectivity index (χ2n) is 5.23. The van der Waals surface area contributed by atoms with E-state index in [1.807, 2.05) is 54.9 Å². The Labute approximate surface area is 133 Å². The maximum absolute atomic E-state index is 11.5. The van der Waals surface area contributed by atoms with Gasteiger partial charge in [0.25, 0.3) is 0 Å². The standard InChI is InChI=1S/C17H16N4O2/c1-11-7-9-12(10-8-11)15(16(22)23)19-20-17-18-13-5-3-4-6-14(13)21(17)2/h3-10H,1-2H3,(H,18,20)(H,22,23)/b19-15-. The maximum Gasteiger partial charge on any atom is 0.356 e. The zero-order valence-corrected chi connectivity index (χ0v) is 12.8. The molecule has 6 heteroatoms. The number of nitrogens with zero attached hydrogens (tertiary/aromatic N) is 3. The summed E-state index contributed by atoms with van der Waals surface area (Å²) in [4.78, 5) is 15.9. The molecular formula is C17H16N4O2. The van der Waals surface area contributed by atoms with Crippen LogP contribution >= 0.6 is 0 Å². The molecule has 0 saturated heterocycles. The monoisotopic (exact) mass is 308 g/mol. The molecule has 0 fully saturated rings. The summed E-state index contributed by atoms with van der Waals surface area (Å²) in [6.07, 6.45) is 0. The van der Waals surface area contributed by atoms with Gasteiger partial charge in [-0.05, 0) is 19.1 Å². The van der Waals surface area contributed by atoms with E-state index in [9.17, 15) is 9.90 Å². The van der Waals surface area contributed by atoms with Crippen LogP contribution in [0.25, 0.3) is 11.0 Å². The van der Waals surface area contributed by atoms with Gasteiger partial charge in [-0.15, -0.1) is 0 Å². The second-order valence-corrected chi connectivity index (χ2v) is 5.23. The molecule has 0 aliphatic rings. The van der Waals surface area contributed by atoms with E-state index in [0.29, 0.717) is 11.5 Å². The Kier molecular flexibility index (Phi) is 3.80. The average molecular weight is 308 g/mol. The van der Waals surface area contributed by atoms with Gasteiger partial charge in [-0.1, -0.05) is 42.0 Å². The van der Waals surface area contributed by atoms with Crippen LogP contribution in [-0.4, -0.2) is 26.3 Å². The number of hydrogen-bond donors (Lipinski definition) is 2. The summed E-state index contributed by atoms with van der Waals surface area (Å²) in [7, 11) is 1.85. The normalized spacial score (nSPS) is 11.7. The Balaban J connectivity index is 1.95. The molecule has 116 valence electrons. The number of rotatable bonds is 4. The molecule has 3 rings (SSSR count). The number of imidazole rings is 1. The van der Waals surface area contributed by atoms with Gasteiger partial charge >= 0.3 is 5.97 Å². The molecule has 0 unspecified atom stereocenters. The summed E-state index contributed by atoms with van der Waals surface area (Å²) < 4.78 is 1.83. The van der Waals surface area contributed by atoms with Crippen molar-refractivity contribution in [1.82, 2.24) is 9.55 Å². The Bertz CT molecular complexity index is 895. The van der Waals surface area contributed by atoms with Gasteiger partial charge in [0.2, 0.25) is 5.95 Å². The minimum Gasteiger partial charge on any atom is -0.476 e. The quantitative estimate of drug-likeness (QED) is 0.574. The minimum atomic E-state index is -1.10. The fourth-order valence-corrected chi connectivity index (χ4v) is 2.30. The summed E-state index contributed by atoms with van der Waals surface area (Å²) in [5, 5.41) is 13.4. The molecule has 3 aromatic rings. The van der Waals surface area contributed by atoms with Crippen molar-refractivity contribution in [3.63, 3.8) is 0 Å². The number of hydrogen-bond acceptors (Lipinski definition) is 4. The number of benzene rings is 2. The van der Waals surface area contributed by atoms with E-state index in [0.717, 1.165) is 16.6 Å².